The third-order valence-corrected chi connectivity index (χ3v) is 7.26. The highest BCUT2D eigenvalue weighted by molar-refractivity contribution is 7.89. The summed E-state index contributed by atoms with van der Waals surface area (Å²) >= 11 is 0. The lowest BCUT2D eigenvalue weighted by Crippen LogP contribution is -2.38. The van der Waals surface area contributed by atoms with Crippen molar-refractivity contribution in [3.05, 3.63) is 41.0 Å². The highest BCUT2D eigenvalue weighted by Crippen LogP contribution is 2.38. The number of benzene rings is 1. The number of nitrogens with one attached hydrogen (secondary N) is 2. The molecule has 2 N–H and O–H groups in total. The second-order valence-corrected chi connectivity index (χ2v) is 9.66. The normalized spacial score (nSPS) is 18.2. The van der Waals surface area contributed by atoms with Crippen molar-refractivity contribution in [1.29, 1.82) is 0 Å². The highest BCUT2D eigenvalue weighted by Gasteiger charge is 2.31. The number of carbonyl (C=O) groups excluding carboxylic acids is 1. The molecule has 29 heavy (non-hydrogen) atoms. The fourth-order valence-corrected chi connectivity index (χ4v) is 4.86. The summed E-state index contributed by atoms with van der Waals surface area (Å²) in [7, 11) is -3.60. The largest absolute Gasteiger partial charge is 0.339 e. The van der Waals surface area contributed by atoms with Crippen LogP contribution in [-0.2, 0) is 10.0 Å². The molecular formula is C20H27N5O3S. The van der Waals surface area contributed by atoms with Gasteiger partial charge < -0.3 is 4.90 Å². The first-order valence-electron chi connectivity index (χ1n) is 10.2. The van der Waals surface area contributed by atoms with Crippen molar-refractivity contribution in [1.82, 2.24) is 24.8 Å². The maximum absolute atomic E-state index is 13.1. The number of amides is 1. The second kappa shape index (κ2) is 7.87. The van der Waals surface area contributed by atoms with Crippen LogP contribution in [0.4, 0.5) is 0 Å². The van der Waals surface area contributed by atoms with Gasteiger partial charge in [0.2, 0.25) is 10.0 Å². The van der Waals surface area contributed by atoms with E-state index in [0.29, 0.717) is 31.1 Å². The van der Waals surface area contributed by atoms with E-state index in [1.54, 1.807) is 17.9 Å². The van der Waals surface area contributed by atoms with Gasteiger partial charge in [-0.1, -0.05) is 13.0 Å². The van der Waals surface area contributed by atoms with Crippen LogP contribution in [0, 0.1) is 6.92 Å². The van der Waals surface area contributed by atoms with Gasteiger partial charge in [-0.3, -0.25) is 9.89 Å². The minimum atomic E-state index is -3.60. The minimum Gasteiger partial charge on any atom is -0.339 e. The van der Waals surface area contributed by atoms with E-state index in [0.717, 1.165) is 30.1 Å². The lowest BCUT2D eigenvalue weighted by atomic mass is 9.95. The van der Waals surface area contributed by atoms with Gasteiger partial charge in [0.1, 0.15) is 5.82 Å². The van der Waals surface area contributed by atoms with E-state index in [4.69, 9.17) is 0 Å². The Morgan fingerprint density at radius 2 is 1.93 bits per heavy atom. The summed E-state index contributed by atoms with van der Waals surface area (Å²) in [6.45, 7) is 5.10. The molecule has 2 heterocycles. The number of aryl methyl sites for hydroxylation is 1. The van der Waals surface area contributed by atoms with Crippen molar-refractivity contribution in [3.8, 4) is 0 Å². The van der Waals surface area contributed by atoms with Crippen molar-refractivity contribution in [2.45, 2.75) is 56.3 Å². The Balaban J connectivity index is 1.45. The molecule has 0 atom stereocenters. The number of piperidine rings is 1. The van der Waals surface area contributed by atoms with Crippen molar-refractivity contribution in [3.63, 3.8) is 0 Å². The number of hydrogen-bond acceptors (Lipinski definition) is 5. The van der Waals surface area contributed by atoms with Gasteiger partial charge in [0, 0.05) is 37.0 Å². The average molecular weight is 418 g/mol. The first-order valence-corrected chi connectivity index (χ1v) is 11.7. The molecule has 0 radical (unpaired) electrons. The van der Waals surface area contributed by atoms with Gasteiger partial charge in [-0.2, -0.15) is 5.10 Å². The standard InChI is InChI=1S/C20H27N5O3S/c1-3-21-29(27,28)16-7-4-13(2)17(12-16)20(26)25-10-8-15(9-11-25)19-22-18(23-24-19)14-5-6-14/h4,7,12,14-15,21H,3,5-6,8-11H2,1-2H3,(H,22,23,24). The lowest BCUT2D eigenvalue weighted by molar-refractivity contribution is 0.0710. The van der Waals surface area contributed by atoms with Crippen molar-refractivity contribution < 1.29 is 13.2 Å². The van der Waals surface area contributed by atoms with Gasteiger partial charge >= 0.3 is 0 Å². The summed E-state index contributed by atoms with van der Waals surface area (Å²) in [5.74, 6) is 2.53. The van der Waals surface area contributed by atoms with Gasteiger partial charge in [0.15, 0.2) is 5.82 Å². The number of carbonyl (C=O) groups is 1. The Kier molecular flexibility index (Phi) is 5.44. The van der Waals surface area contributed by atoms with Crippen molar-refractivity contribution >= 4 is 15.9 Å². The van der Waals surface area contributed by atoms with E-state index in [1.165, 1.54) is 25.0 Å². The number of aromatic nitrogens is 3. The first-order chi connectivity index (χ1) is 13.9. The molecule has 1 aromatic carbocycles. The maximum Gasteiger partial charge on any atom is 0.254 e. The molecule has 0 spiro atoms. The Hall–Kier alpha value is -2.26. The molecular weight excluding hydrogens is 390 g/mol. The quantitative estimate of drug-likeness (QED) is 0.750. The van der Waals surface area contributed by atoms with Gasteiger partial charge in [-0.25, -0.2) is 18.1 Å². The molecule has 4 rings (SSSR count). The molecule has 9 heteroatoms. The maximum atomic E-state index is 13.1. The van der Waals surface area contributed by atoms with E-state index in [1.807, 2.05) is 6.92 Å². The van der Waals surface area contributed by atoms with Crippen LogP contribution in [0.25, 0.3) is 0 Å². The number of sulfonamides is 1. The Morgan fingerprint density at radius 1 is 1.21 bits per heavy atom. The number of aromatic amines is 1. The molecule has 1 amide bonds. The van der Waals surface area contributed by atoms with E-state index >= 15 is 0 Å². The number of H-pyrrole nitrogens is 1. The fraction of sp³-hybridized carbons (Fsp3) is 0.550. The second-order valence-electron chi connectivity index (χ2n) is 7.90. The molecule has 8 nitrogen and oxygen atoms in total. The topological polar surface area (TPSA) is 108 Å². The molecule has 2 fully saturated rings. The molecule has 1 saturated carbocycles. The zero-order chi connectivity index (χ0) is 20.6. The molecule has 2 aromatic rings. The van der Waals surface area contributed by atoms with E-state index in [9.17, 15) is 13.2 Å². The zero-order valence-electron chi connectivity index (χ0n) is 16.8. The van der Waals surface area contributed by atoms with Crippen LogP contribution in [0.2, 0.25) is 0 Å². The van der Waals surface area contributed by atoms with Gasteiger partial charge in [-0.15, -0.1) is 0 Å². The fourth-order valence-electron chi connectivity index (χ4n) is 3.79. The summed E-state index contributed by atoms with van der Waals surface area (Å²) in [6, 6.07) is 4.72. The molecule has 2 aliphatic rings. The van der Waals surface area contributed by atoms with Crippen molar-refractivity contribution in [2.75, 3.05) is 19.6 Å². The predicted octanol–water partition coefficient (Wildman–Crippen LogP) is 2.31. The third-order valence-electron chi connectivity index (χ3n) is 5.72. The predicted molar refractivity (Wildman–Crippen MR) is 108 cm³/mol. The van der Waals surface area contributed by atoms with E-state index < -0.39 is 10.0 Å². The van der Waals surface area contributed by atoms with E-state index in [-0.39, 0.29) is 16.7 Å². The van der Waals surface area contributed by atoms with Crippen LogP contribution >= 0.6 is 0 Å². The molecule has 0 unspecified atom stereocenters. The summed E-state index contributed by atoms with van der Waals surface area (Å²) < 4.78 is 27.1. The zero-order valence-corrected chi connectivity index (χ0v) is 17.6. The molecule has 1 aromatic heterocycles. The van der Waals surface area contributed by atoms with Crippen LogP contribution in [0.1, 0.15) is 72.0 Å². The van der Waals surface area contributed by atoms with Crippen molar-refractivity contribution in [2.24, 2.45) is 0 Å². The SMILES string of the molecule is CCNS(=O)(=O)c1ccc(C)c(C(=O)N2CCC(c3nc(C4CC4)n[nH]3)CC2)c1. The molecule has 0 bridgehead atoms. The Bertz CT molecular complexity index is 1000. The average Bonchev–Trinajstić information content (AvgIpc) is 3.44. The first kappa shape index (κ1) is 20.0. The highest BCUT2D eigenvalue weighted by atomic mass is 32.2. The van der Waals surface area contributed by atoms with Gasteiger partial charge in [0.25, 0.3) is 5.91 Å². The molecule has 1 aliphatic carbocycles. The van der Waals surface area contributed by atoms with Gasteiger partial charge in [0.05, 0.1) is 4.90 Å². The third kappa shape index (κ3) is 4.20. The minimum absolute atomic E-state index is 0.120. The van der Waals surface area contributed by atoms with Crippen LogP contribution in [-0.4, -0.2) is 54.0 Å². The van der Waals surface area contributed by atoms with Crippen LogP contribution < -0.4 is 4.72 Å². The van der Waals surface area contributed by atoms with Crippen LogP contribution in [0.5, 0.6) is 0 Å². The van der Waals surface area contributed by atoms with Crippen LogP contribution in [0.3, 0.4) is 0 Å². The van der Waals surface area contributed by atoms with Gasteiger partial charge in [-0.05, 0) is 50.3 Å². The summed E-state index contributed by atoms with van der Waals surface area (Å²) in [6.07, 6.45) is 3.98. The smallest absolute Gasteiger partial charge is 0.254 e. The molecule has 1 saturated heterocycles. The monoisotopic (exact) mass is 417 g/mol. The number of hydrogen-bond donors (Lipinski definition) is 2. The number of rotatable bonds is 6. The Labute approximate surface area is 171 Å². The number of likely N-dealkylation sites (tertiary alicyclic amines) is 1. The molecule has 1 aliphatic heterocycles. The lowest BCUT2D eigenvalue weighted by Gasteiger charge is -2.31. The summed E-state index contributed by atoms with van der Waals surface area (Å²) in [5.41, 5.74) is 1.22. The van der Waals surface area contributed by atoms with Crippen LogP contribution in [0.15, 0.2) is 23.1 Å². The molecule has 156 valence electrons. The Morgan fingerprint density at radius 3 is 2.59 bits per heavy atom. The van der Waals surface area contributed by atoms with E-state index in [2.05, 4.69) is 19.9 Å². The summed E-state index contributed by atoms with van der Waals surface area (Å²) in [4.78, 5) is 19.7. The number of nitrogens with zero attached hydrogens (tertiary/aromatic N) is 3. The summed E-state index contributed by atoms with van der Waals surface area (Å²) in [5, 5.41) is 7.41.